The molecule has 1 aromatic rings. The predicted octanol–water partition coefficient (Wildman–Crippen LogP) is 2.10. The fourth-order valence-electron chi connectivity index (χ4n) is 2.33. The van der Waals surface area contributed by atoms with Crippen LogP contribution in [0.4, 0.5) is 0 Å². The Morgan fingerprint density at radius 1 is 1.30 bits per heavy atom. The third-order valence-corrected chi connectivity index (χ3v) is 3.47. The number of H-pyrrole nitrogens is 1. The van der Waals surface area contributed by atoms with Gasteiger partial charge in [0, 0.05) is 24.4 Å². The fourth-order valence-corrected chi connectivity index (χ4v) is 2.33. The van der Waals surface area contributed by atoms with E-state index in [0.29, 0.717) is 30.5 Å². The average Bonchev–Trinajstić information content (AvgIpc) is 2.32. The molecule has 5 heteroatoms. The molecule has 1 rings (SSSR count). The van der Waals surface area contributed by atoms with Gasteiger partial charge in [0.1, 0.15) is 5.82 Å². The molecule has 1 heterocycles. The highest BCUT2D eigenvalue weighted by Gasteiger charge is 2.20. The minimum Gasteiger partial charge on any atom is -0.380 e. The highest BCUT2D eigenvalue weighted by molar-refractivity contribution is 5.20. The van der Waals surface area contributed by atoms with Crippen LogP contribution in [-0.4, -0.2) is 29.2 Å². The van der Waals surface area contributed by atoms with Crippen LogP contribution >= 0.6 is 0 Å². The molecule has 0 amide bonds. The predicted molar refractivity (Wildman–Crippen MR) is 81.0 cm³/mol. The van der Waals surface area contributed by atoms with E-state index in [1.165, 1.54) is 0 Å². The summed E-state index contributed by atoms with van der Waals surface area (Å²) in [5, 5.41) is 3.48. The van der Waals surface area contributed by atoms with Gasteiger partial charge < -0.3 is 15.0 Å². The van der Waals surface area contributed by atoms with E-state index in [-0.39, 0.29) is 17.6 Å². The summed E-state index contributed by atoms with van der Waals surface area (Å²) in [5.41, 5.74) is 1.43. The summed E-state index contributed by atoms with van der Waals surface area (Å²) in [6.45, 7) is 13.3. The average molecular weight is 281 g/mol. The van der Waals surface area contributed by atoms with Crippen molar-refractivity contribution in [3.8, 4) is 0 Å². The molecule has 0 saturated carbocycles. The highest BCUT2D eigenvalue weighted by atomic mass is 16.5. The molecule has 20 heavy (non-hydrogen) atoms. The van der Waals surface area contributed by atoms with Gasteiger partial charge >= 0.3 is 0 Å². The normalized spacial score (nSPS) is 14.6. The molecule has 0 aliphatic rings. The quantitative estimate of drug-likeness (QED) is 0.803. The summed E-state index contributed by atoms with van der Waals surface area (Å²) in [4.78, 5) is 19.2. The standard InChI is InChI=1S/C15H27N3O2/c1-7-20-8-13(9(2)3)17-11(5)14-10(4)16-12(6)18-15(14)19/h9,11,13,17H,7-8H2,1-6H3,(H,16,18,19). The van der Waals surface area contributed by atoms with Gasteiger partial charge in [-0.3, -0.25) is 4.79 Å². The maximum absolute atomic E-state index is 12.1. The molecular formula is C15H27N3O2. The minimum absolute atomic E-state index is 0.0558. The van der Waals surface area contributed by atoms with Crippen LogP contribution in [0.25, 0.3) is 0 Å². The van der Waals surface area contributed by atoms with Gasteiger partial charge in [-0.25, -0.2) is 4.98 Å². The zero-order valence-electron chi connectivity index (χ0n) is 13.4. The Kier molecular flexibility index (Phi) is 6.36. The summed E-state index contributed by atoms with van der Waals surface area (Å²) in [7, 11) is 0. The Morgan fingerprint density at radius 3 is 2.45 bits per heavy atom. The number of hydrogen-bond acceptors (Lipinski definition) is 4. The van der Waals surface area contributed by atoms with Crippen molar-refractivity contribution in [3.05, 3.63) is 27.4 Å². The van der Waals surface area contributed by atoms with Crippen LogP contribution < -0.4 is 10.9 Å². The number of aryl methyl sites for hydroxylation is 2. The molecule has 0 radical (unpaired) electrons. The first-order valence-corrected chi connectivity index (χ1v) is 7.28. The van der Waals surface area contributed by atoms with E-state index in [1.54, 1.807) is 6.92 Å². The second kappa shape index (κ2) is 7.55. The van der Waals surface area contributed by atoms with E-state index in [0.717, 1.165) is 5.69 Å². The second-order valence-electron chi connectivity index (χ2n) is 5.55. The number of hydrogen-bond donors (Lipinski definition) is 2. The van der Waals surface area contributed by atoms with E-state index >= 15 is 0 Å². The molecular weight excluding hydrogens is 254 g/mol. The molecule has 0 aliphatic carbocycles. The highest BCUT2D eigenvalue weighted by Crippen LogP contribution is 2.14. The molecule has 0 aliphatic heterocycles. The topological polar surface area (TPSA) is 67.0 Å². The van der Waals surface area contributed by atoms with Crippen LogP contribution in [0.1, 0.15) is 50.8 Å². The number of ether oxygens (including phenoxy) is 1. The first-order chi connectivity index (χ1) is 9.36. The molecule has 2 atom stereocenters. The van der Waals surface area contributed by atoms with Crippen LogP contribution in [0.15, 0.2) is 4.79 Å². The molecule has 0 fully saturated rings. The SMILES string of the molecule is CCOCC(NC(C)c1c(C)nc(C)[nH]c1=O)C(C)C. The van der Waals surface area contributed by atoms with E-state index in [2.05, 4.69) is 29.1 Å². The van der Waals surface area contributed by atoms with E-state index < -0.39 is 0 Å². The van der Waals surface area contributed by atoms with Crippen LogP contribution in [0.3, 0.4) is 0 Å². The van der Waals surface area contributed by atoms with E-state index in [4.69, 9.17) is 4.74 Å². The van der Waals surface area contributed by atoms with Crippen molar-refractivity contribution in [1.82, 2.24) is 15.3 Å². The number of aromatic nitrogens is 2. The molecule has 0 bridgehead atoms. The zero-order valence-corrected chi connectivity index (χ0v) is 13.4. The van der Waals surface area contributed by atoms with Crippen molar-refractivity contribution in [1.29, 1.82) is 0 Å². The smallest absolute Gasteiger partial charge is 0.255 e. The van der Waals surface area contributed by atoms with E-state index in [9.17, 15) is 4.79 Å². The Bertz CT molecular complexity index is 482. The number of aromatic amines is 1. The van der Waals surface area contributed by atoms with Gasteiger partial charge in [-0.1, -0.05) is 13.8 Å². The molecule has 114 valence electrons. The Morgan fingerprint density at radius 2 is 1.95 bits per heavy atom. The van der Waals surface area contributed by atoms with Gasteiger partial charge in [-0.05, 0) is 33.6 Å². The zero-order chi connectivity index (χ0) is 15.3. The lowest BCUT2D eigenvalue weighted by atomic mass is 10.0. The van der Waals surface area contributed by atoms with Gasteiger partial charge in [0.15, 0.2) is 0 Å². The van der Waals surface area contributed by atoms with Crippen LogP contribution in [0.5, 0.6) is 0 Å². The Labute approximate surface area is 121 Å². The maximum Gasteiger partial charge on any atom is 0.255 e. The van der Waals surface area contributed by atoms with Crippen molar-refractivity contribution >= 4 is 0 Å². The van der Waals surface area contributed by atoms with Gasteiger partial charge in [0.05, 0.1) is 12.2 Å². The van der Waals surface area contributed by atoms with Crippen LogP contribution in [-0.2, 0) is 4.74 Å². The lowest BCUT2D eigenvalue weighted by Gasteiger charge is -2.26. The molecule has 0 aromatic carbocycles. The number of rotatable bonds is 7. The van der Waals surface area contributed by atoms with Crippen LogP contribution in [0, 0.1) is 19.8 Å². The molecule has 0 spiro atoms. The van der Waals surface area contributed by atoms with E-state index in [1.807, 2.05) is 20.8 Å². The minimum atomic E-state index is -0.0612. The fraction of sp³-hybridized carbons (Fsp3) is 0.733. The summed E-state index contributed by atoms with van der Waals surface area (Å²) in [6.07, 6.45) is 0. The third-order valence-electron chi connectivity index (χ3n) is 3.47. The number of nitrogens with one attached hydrogen (secondary N) is 2. The first kappa shape index (κ1) is 16.9. The second-order valence-corrected chi connectivity index (χ2v) is 5.55. The van der Waals surface area contributed by atoms with Gasteiger partial charge in [-0.2, -0.15) is 0 Å². The third kappa shape index (κ3) is 4.42. The van der Waals surface area contributed by atoms with Gasteiger partial charge in [0.25, 0.3) is 5.56 Å². The summed E-state index contributed by atoms with van der Waals surface area (Å²) < 4.78 is 5.51. The van der Waals surface area contributed by atoms with Crippen molar-refractivity contribution in [2.75, 3.05) is 13.2 Å². The number of nitrogens with zero attached hydrogens (tertiary/aromatic N) is 1. The van der Waals surface area contributed by atoms with Crippen molar-refractivity contribution < 1.29 is 4.74 Å². The van der Waals surface area contributed by atoms with Gasteiger partial charge in [0.2, 0.25) is 0 Å². The summed E-state index contributed by atoms with van der Waals surface area (Å²) in [6, 6.07) is 0.157. The Hall–Kier alpha value is -1.20. The van der Waals surface area contributed by atoms with Crippen molar-refractivity contribution in [2.45, 2.75) is 53.6 Å². The largest absolute Gasteiger partial charge is 0.380 e. The molecule has 0 saturated heterocycles. The van der Waals surface area contributed by atoms with Gasteiger partial charge in [-0.15, -0.1) is 0 Å². The summed E-state index contributed by atoms with van der Waals surface area (Å²) in [5.74, 6) is 1.08. The summed E-state index contributed by atoms with van der Waals surface area (Å²) >= 11 is 0. The molecule has 1 aromatic heterocycles. The lowest BCUT2D eigenvalue weighted by Crippen LogP contribution is -2.41. The monoisotopic (exact) mass is 281 g/mol. The maximum atomic E-state index is 12.1. The Balaban J connectivity index is 2.89. The molecule has 2 unspecified atom stereocenters. The molecule has 5 nitrogen and oxygen atoms in total. The van der Waals surface area contributed by atoms with Crippen molar-refractivity contribution in [2.24, 2.45) is 5.92 Å². The first-order valence-electron chi connectivity index (χ1n) is 7.28. The van der Waals surface area contributed by atoms with Crippen LogP contribution in [0.2, 0.25) is 0 Å². The lowest BCUT2D eigenvalue weighted by molar-refractivity contribution is 0.104. The van der Waals surface area contributed by atoms with Crippen molar-refractivity contribution in [3.63, 3.8) is 0 Å². The molecule has 2 N–H and O–H groups in total.